The van der Waals surface area contributed by atoms with Gasteiger partial charge in [-0.15, -0.1) is 0 Å². The molecule has 0 spiro atoms. The van der Waals surface area contributed by atoms with E-state index in [-0.39, 0.29) is 11.5 Å². The van der Waals surface area contributed by atoms with E-state index < -0.39 is 17.5 Å². The summed E-state index contributed by atoms with van der Waals surface area (Å²) in [4.78, 5) is 33.3. The van der Waals surface area contributed by atoms with Crippen LogP contribution >= 0.6 is 11.6 Å². The second kappa shape index (κ2) is 11.6. The van der Waals surface area contributed by atoms with Crippen molar-refractivity contribution >= 4 is 29.4 Å². The third-order valence-corrected chi connectivity index (χ3v) is 5.67. The van der Waals surface area contributed by atoms with E-state index in [2.05, 4.69) is 25.9 Å². The van der Waals surface area contributed by atoms with Gasteiger partial charge in [-0.05, 0) is 57.5 Å². The predicted molar refractivity (Wildman–Crippen MR) is 143 cm³/mol. The molecule has 0 atom stereocenters. The molecule has 2 aromatic heterocycles. The van der Waals surface area contributed by atoms with Gasteiger partial charge >= 0.3 is 6.09 Å². The van der Waals surface area contributed by atoms with Gasteiger partial charge in [0.05, 0.1) is 17.8 Å². The average molecular weight is 542 g/mol. The molecular weight excluding hydrogens is 513 g/mol. The summed E-state index contributed by atoms with van der Waals surface area (Å²) in [5.41, 5.74) is 1.59. The maximum atomic E-state index is 14.6. The largest absolute Gasteiger partial charge is 0.487 e. The number of rotatable bonds is 7. The first-order chi connectivity index (χ1) is 18.1. The molecule has 0 saturated carbocycles. The summed E-state index contributed by atoms with van der Waals surface area (Å²) < 4.78 is 25.7. The predicted octanol–water partition coefficient (Wildman–Crippen LogP) is 5.05. The SMILES string of the molecule is CC(C)(C)OC(=O)NCCCNC(=O)c1cncc(-c2cc(-c3cc(Cl)ccc3F)nc3c2OCCN3)c1. The number of anilines is 1. The number of pyridine rings is 2. The number of hydrogen-bond donors (Lipinski definition) is 3. The second-order valence-corrected chi connectivity index (χ2v) is 10.1. The number of halogens is 2. The van der Waals surface area contributed by atoms with E-state index in [1.807, 2.05) is 0 Å². The van der Waals surface area contributed by atoms with Gasteiger partial charge in [-0.1, -0.05) is 11.6 Å². The van der Waals surface area contributed by atoms with Gasteiger partial charge in [-0.25, -0.2) is 14.2 Å². The summed E-state index contributed by atoms with van der Waals surface area (Å²) in [5, 5.41) is 9.04. The van der Waals surface area contributed by atoms with Crippen molar-refractivity contribution in [1.29, 1.82) is 0 Å². The molecule has 11 heteroatoms. The lowest BCUT2D eigenvalue weighted by atomic mass is 10.0. The number of fused-ring (bicyclic) bond motifs is 1. The molecule has 2 amide bonds. The number of ether oxygens (including phenoxy) is 2. The molecule has 0 radical (unpaired) electrons. The molecule has 3 heterocycles. The summed E-state index contributed by atoms with van der Waals surface area (Å²) in [6, 6.07) is 7.66. The number of nitrogens with one attached hydrogen (secondary N) is 3. The highest BCUT2D eigenvalue weighted by atomic mass is 35.5. The van der Waals surface area contributed by atoms with Gasteiger partial charge in [0.25, 0.3) is 5.91 Å². The molecule has 0 aliphatic carbocycles. The number of hydrogen-bond acceptors (Lipinski definition) is 7. The molecule has 1 aromatic carbocycles. The Morgan fingerprint density at radius 3 is 2.71 bits per heavy atom. The van der Waals surface area contributed by atoms with E-state index >= 15 is 0 Å². The van der Waals surface area contributed by atoms with Crippen LogP contribution in [0.5, 0.6) is 5.75 Å². The molecule has 0 fully saturated rings. The molecule has 4 rings (SSSR count). The zero-order chi connectivity index (χ0) is 27.3. The minimum atomic E-state index is -0.575. The molecule has 9 nitrogen and oxygen atoms in total. The van der Waals surface area contributed by atoms with Crippen molar-refractivity contribution in [1.82, 2.24) is 20.6 Å². The molecular formula is C27H29ClFN5O4. The number of carbonyl (C=O) groups is 2. The van der Waals surface area contributed by atoms with Crippen LogP contribution in [0.1, 0.15) is 37.6 Å². The standard InChI is InChI=1S/C27H29ClFN5O4/c1-27(2,3)38-26(36)33-8-4-7-32-25(35)17-11-16(14-30-15-17)19-13-22(20-12-18(28)5-6-21(20)29)34-24-23(19)37-10-9-31-24/h5-6,11-15H,4,7-10H2,1-3H3,(H,31,34)(H,32,35)(H,33,36). The molecule has 3 aromatic rings. The van der Waals surface area contributed by atoms with E-state index in [1.165, 1.54) is 24.4 Å². The Hall–Kier alpha value is -3.92. The van der Waals surface area contributed by atoms with Crippen LogP contribution in [0.25, 0.3) is 22.4 Å². The molecule has 38 heavy (non-hydrogen) atoms. The lowest BCUT2D eigenvalue weighted by Gasteiger charge is -2.22. The fraction of sp³-hybridized carbons (Fsp3) is 0.333. The van der Waals surface area contributed by atoms with Crippen LogP contribution in [0.2, 0.25) is 5.02 Å². The van der Waals surface area contributed by atoms with Crippen molar-refractivity contribution in [2.45, 2.75) is 32.8 Å². The molecule has 200 valence electrons. The van der Waals surface area contributed by atoms with Crippen LogP contribution in [-0.4, -0.2) is 53.8 Å². The minimum Gasteiger partial charge on any atom is -0.487 e. The Labute approximate surface area is 225 Å². The maximum absolute atomic E-state index is 14.6. The highest BCUT2D eigenvalue weighted by Crippen LogP contribution is 2.40. The second-order valence-electron chi connectivity index (χ2n) is 9.63. The Morgan fingerprint density at radius 1 is 1.13 bits per heavy atom. The molecule has 0 bridgehead atoms. The normalized spacial score (nSPS) is 12.6. The van der Waals surface area contributed by atoms with Gasteiger partial charge < -0.3 is 25.4 Å². The first kappa shape index (κ1) is 27.1. The Balaban J connectivity index is 1.50. The van der Waals surface area contributed by atoms with Crippen LogP contribution in [0.3, 0.4) is 0 Å². The lowest BCUT2D eigenvalue weighted by Crippen LogP contribution is -2.34. The zero-order valence-electron chi connectivity index (χ0n) is 21.4. The summed E-state index contributed by atoms with van der Waals surface area (Å²) in [5.74, 6) is 0.183. The van der Waals surface area contributed by atoms with Crippen molar-refractivity contribution in [3.8, 4) is 28.1 Å². The Kier molecular flexibility index (Phi) is 8.31. The quantitative estimate of drug-likeness (QED) is 0.358. The molecule has 0 unspecified atom stereocenters. The van der Waals surface area contributed by atoms with Gasteiger partial charge in [0.15, 0.2) is 11.6 Å². The number of carbonyl (C=O) groups excluding carboxylic acids is 2. The zero-order valence-corrected chi connectivity index (χ0v) is 22.1. The molecule has 1 aliphatic rings. The fourth-order valence-corrected chi connectivity index (χ4v) is 3.95. The Bertz CT molecular complexity index is 1350. The van der Waals surface area contributed by atoms with Crippen LogP contribution < -0.4 is 20.7 Å². The Morgan fingerprint density at radius 2 is 1.92 bits per heavy atom. The summed E-state index contributed by atoms with van der Waals surface area (Å²) >= 11 is 6.11. The average Bonchev–Trinajstić information content (AvgIpc) is 2.88. The first-order valence-electron chi connectivity index (χ1n) is 12.2. The van der Waals surface area contributed by atoms with Crippen LogP contribution in [0, 0.1) is 5.82 Å². The van der Waals surface area contributed by atoms with E-state index in [0.717, 1.165) is 0 Å². The lowest BCUT2D eigenvalue weighted by molar-refractivity contribution is 0.0527. The van der Waals surface area contributed by atoms with Gasteiger partial charge in [0.1, 0.15) is 18.0 Å². The smallest absolute Gasteiger partial charge is 0.407 e. The van der Waals surface area contributed by atoms with Crippen LogP contribution in [0.4, 0.5) is 15.0 Å². The van der Waals surface area contributed by atoms with Crippen molar-refractivity contribution in [2.24, 2.45) is 0 Å². The summed E-state index contributed by atoms with van der Waals surface area (Å²) in [6.45, 7) is 7.03. The third-order valence-electron chi connectivity index (χ3n) is 5.44. The minimum absolute atomic E-state index is 0.246. The highest BCUT2D eigenvalue weighted by Gasteiger charge is 2.22. The van der Waals surface area contributed by atoms with Crippen molar-refractivity contribution in [3.63, 3.8) is 0 Å². The van der Waals surface area contributed by atoms with Gasteiger partial charge in [0, 0.05) is 47.2 Å². The maximum Gasteiger partial charge on any atom is 0.407 e. The number of nitrogens with zero attached hydrogens (tertiary/aromatic N) is 2. The van der Waals surface area contributed by atoms with Crippen molar-refractivity contribution in [2.75, 3.05) is 31.6 Å². The summed E-state index contributed by atoms with van der Waals surface area (Å²) in [7, 11) is 0. The molecule has 3 N–H and O–H groups in total. The topological polar surface area (TPSA) is 114 Å². The third kappa shape index (κ3) is 6.89. The summed E-state index contributed by atoms with van der Waals surface area (Å²) in [6.07, 6.45) is 3.08. The van der Waals surface area contributed by atoms with Crippen LogP contribution in [-0.2, 0) is 4.74 Å². The number of alkyl carbamates (subject to hydrolysis) is 1. The number of aromatic nitrogens is 2. The number of amides is 2. The van der Waals surface area contributed by atoms with E-state index in [9.17, 15) is 14.0 Å². The molecule has 1 aliphatic heterocycles. The van der Waals surface area contributed by atoms with Gasteiger partial charge in [-0.3, -0.25) is 9.78 Å². The first-order valence-corrected chi connectivity index (χ1v) is 12.6. The van der Waals surface area contributed by atoms with Gasteiger partial charge in [0.2, 0.25) is 0 Å². The van der Waals surface area contributed by atoms with Crippen molar-refractivity contribution in [3.05, 3.63) is 59.1 Å². The highest BCUT2D eigenvalue weighted by molar-refractivity contribution is 6.30. The molecule has 0 saturated heterocycles. The van der Waals surface area contributed by atoms with E-state index in [1.54, 1.807) is 39.1 Å². The van der Waals surface area contributed by atoms with Crippen LogP contribution in [0.15, 0.2) is 42.7 Å². The van der Waals surface area contributed by atoms with E-state index in [4.69, 9.17) is 21.1 Å². The number of benzene rings is 1. The van der Waals surface area contributed by atoms with Crippen molar-refractivity contribution < 1.29 is 23.5 Å². The fourth-order valence-electron chi connectivity index (χ4n) is 3.78. The van der Waals surface area contributed by atoms with E-state index in [0.29, 0.717) is 71.6 Å². The van der Waals surface area contributed by atoms with Gasteiger partial charge in [-0.2, -0.15) is 0 Å². The monoisotopic (exact) mass is 541 g/mol.